The Labute approximate surface area is 146 Å². The molecule has 4 rings (SSSR count). The molecule has 0 saturated carbocycles. The molecular formula is C19H18ClNOS. The maximum absolute atomic E-state index is 6.26. The van der Waals surface area contributed by atoms with E-state index in [1.807, 2.05) is 6.07 Å². The smallest absolute Gasteiger partial charge is 0.0892 e. The Morgan fingerprint density at radius 2 is 2.00 bits per heavy atom. The number of likely N-dealkylation sites (N-methyl/N-ethyl adjacent to an activating group) is 1. The number of morpholine rings is 1. The van der Waals surface area contributed by atoms with E-state index in [2.05, 4.69) is 54.4 Å². The summed E-state index contributed by atoms with van der Waals surface area (Å²) in [5, 5.41) is 0.774. The molecule has 1 atom stereocenters. The number of benzene rings is 2. The van der Waals surface area contributed by atoms with Gasteiger partial charge in [-0.25, -0.2) is 0 Å². The molecule has 0 amide bonds. The van der Waals surface area contributed by atoms with Crippen LogP contribution in [-0.2, 0) is 4.74 Å². The van der Waals surface area contributed by atoms with Gasteiger partial charge < -0.3 is 9.64 Å². The lowest BCUT2D eigenvalue weighted by molar-refractivity contribution is 0.00723. The van der Waals surface area contributed by atoms with Gasteiger partial charge in [0.05, 0.1) is 12.7 Å². The van der Waals surface area contributed by atoms with Crippen LogP contribution in [0.3, 0.4) is 0 Å². The van der Waals surface area contributed by atoms with Gasteiger partial charge in [-0.1, -0.05) is 41.6 Å². The van der Waals surface area contributed by atoms with Gasteiger partial charge in [-0.05, 0) is 54.1 Å². The van der Waals surface area contributed by atoms with Gasteiger partial charge >= 0.3 is 0 Å². The van der Waals surface area contributed by atoms with Crippen LogP contribution in [0, 0.1) is 0 Å². The SMILES string of the molecule is CN1CCOC(/C=C2\c3ccccc3Sc3ccc(Cl)cc32)C1. The Morgan fingerprint density at radius 3 is 2.87 bits per heavy atom. The highest BCUT2D eigenvalue weighted by Gasteiger charge is 2.23. The lowest BCUT2D eigenvalue weighted by Gasteiger charge is -2.30. The maximum Gasteiger partial charge on any atom is 0.0892 e. The molecule has 2 aliphatic rings. The first-order chi connectivity index (χ1) is 11.2. The van der Waals surface area contributed by atoms with E-state index in [0.29, 0.717) is 0 Å². The van der Waals surface area contributed by atoms with E-state index < -0.39 is 0 Å². The molecule has 2 heterocycles. The molecule has 2 aromatic carbocycles. The van der Waals surface area contributed by atoms with E-state index >= 15 is 0 Å². The van der Waals surface area contributed by atoms with Crippen LogP contribution in [-0.4, -0.2) is 37.7 Å². The first-order valence-electron chi connectivity index (χ1n) is 7.80. The number of fused-ring (bicyclic) bond motifs is 2. The highest BCUT2D eigenvalue weighted by molar-refractivity contribution is 7.99. The summed E-state index contributed by atoms with van der Waals surface area (Å²) in [5.41, 5.74) is 3.71. The molecule has 1 unspecified atom stereocenters. The fourth-order valence-electron chi connectivity index (χ4n) is 3.12. The van der Waals surface area contributed by atoms with Gasteiger partial charge in [0.15, 0.2) is 0 Å². The Morgan fingerprint density at radius 1 is 1.17 bits per heavy atom. The van der Waals surface area contributed by atoms with E-state index in [9.17, 15) is 0 Å². The first-order valence-corrected chi connectivity index (χ1v) is 8.99. The summed E-state index contributed by atoms with van der Waals surface area (Å²) in [4.78, 5) is 4.86. The molecular weight excluding hydrogens is 326 g/mol. The lowest BCUT2D eigenvalue weighted by Crippen LogP contribution is -2.39. The molecule has 118 valence electrons. The molecule has 0 spiro atoms. The van der Waals surface area contributed by atoms with Crippen LogP contribution >= 0.6 is 23.4 Å². The van der Waals surface area contributed by atoms with Gasteiger partial charge in [0.1, 0.15) is 0 Å². The minimum atomic E-state index is 0.117. The minimum Gasteiger partial charge on any atom is -0.371 e. The first kappa shape index (κ1) is 15.3. The number of halogens is 1. The summed E-state index contributed by atoms with van der Waals surface area (Å²) in [6, 6.07) is 14.7. The summed E-state index contributed by atoms with van der Waals surface area (Å²) in [6.07, 6.45) is 2.38. The van der Waals surface area contributed by atoms with Gasteiger partial charge in [0.25, 0.3) is 0 Å². The number of ether oxygens (including phenoxy) is 1. The van der Waals surface area contributed by atoms with Crippen LogP contribution in [0.25, 0.3) is 5.57 Å². The van der Waals surface area contributed by atoms with Gasteiger partial charge in [0, 0.05) is 27.9 Å². The third-order valence-electron chi connectivity index (χ3n) is 4.28. The molecule has 2 nitrogen and oxygen atoms in total. The van der Waals surface area contributed by atoms with Crippen molar-refractivity contribution in [3.8, 4) is 0 Å². The number of hydrogen-bond donors (Lipinski definition) is 0. The van der Waals surface area contributed by atoms with Crippen molar-refractivity contribution in [2.45, 2.75) is 15.9 Å². The second-order valence-corrected chi connectivity index (χ2v) is 7.51. The molecule has 1 fully saturated rings. The summed E-state index contributed by atoms with van der Waals surface area (Å²) in [7, 11) is 2.14. The zero-order valence-corrected chi connectivity index (χ0v) is 14.5. The topological polar surface area (TPSA) is 12.5 Å². The van der Waals surface area contributed by atoms with Crippen molar-refractivity contribution in [3.05, 3.63) is 64.7 Å². The van der Waals surface area contributed by atoms with Crippen molar-refractivity contribution in [2.75, 3.05) is 26.7 Å². The Hall–Kier alpha value is -1.26. The fraction of sp³-hybridized carbons (Fsp3) is 0.263. The molecule has 2 aromatic rings. The molecule has 23 heavy (non-hydrogen) atoms. The largest absolute Gasteiger partial charge is 0.371 e. The van der Waals surface area contributed by atoms with Crippen molar-refractivity contribution >= 4 is 28.9 Å². The highest BCUT2D eigenvalue weighted by Crippen LogP contribution is 2.46. The minimum absolute atomic E-state index is 0.117. The zero-order valence-electron chi connectivity index (χ0n) is 13.0. The Kier molecular flexibility index (Phi) is 4.20. The van der Waals surface area contributed by atoms with Crippen LogP contribution in [0.5, 0.6) is 0 Å². The van der Waals surface area contributed by atoms with E-state index in [4.69, 9.17) is 16.3 Å². The maximum atomic E-state index is 6.26. The number of rotatable bonds is 1. The lowest BCUT2D eigenvalue weighted by atomic mass is 9.95. The second kappa shape index (κ2) is 6.33. The molecule has 1 saturated heterocycles. The molecule has 0 aromatic heterocycles. The summed E-state index contributed by atoms with van der Waals surface area (Å²) in [6.45, 7) is 2.70. The van der Waals surface area contributed by atoms with Crippen molar-refractivity contribution in [1.82, 2.24) is 4.90 Å². The van der Waals surface area contributed by atoms with E-state index in [0.717, 1.165) is 24.7 Å². The van der Waals surface area contributed by atoms with Gasteiger partial charge in [-0.15, -0.1) is 0 Å². The fourth-order valence-corrected chi connectivity index (χ4v) is 4.38. The molecule has 0 N–H and O–H groups in total. The van der Waals surface area contributed by atoms with Crippen molar-refractivity contribution < 1.29 is 4.74 Å². The third-order valence-corrected chi connectivity index (χ3v) is 5.66. The summed E-state index contributed by atoms with van der Waals surface area (Å²) >= 11 is 8.07. The number of hydrogen-bond acceptors (Lipinski definition) is 3. The van der Waals surface area contributed by atoms with E-state index in [1.165, 1.54) is 26.5 Å². The molecule has 0 bridgehead atoms. The van der Waals surface area contributed by atoms with Crippen molar-refractivity contribution in [3.63, 3.8) is 0 Å². The molecule has 2 aliphatic heterocycles. The van der Waals surface area contributed by atoms with Gasteiger partial charge in [-0.2, -0.15) is 0 Å². The van der Waals surface area contributed by atoms with Crippen LogP contribution in [0.4, 0.5) is 0 Å². The Bertz CT molecular complexity index is 774. The van der Waals surface area contributed by atoms with Crippen LogP contribution in [0.2, 0.25) is 5.02 Å². The van der Waals surface area contributed by atoms with E-state index in [1.54, 1.807) is 11.8 Å². The normalized spacial score (nSPS) is 22.7. The zero-order chi connectivity index (χ0) is 15.8. The van der Waals surface area contributed by atoms with Crippen molar-refractivity contribution in [1.29, 1.82) is 0 Å². The highest BCUT2D eigenvalue weighted by atomic mass is 35.5. The Balaban J connectivity index is 1.82. The standard InChI is InChI=1S/C19H18ClNOS/c1-21-8-9-22-14(12-21)11-16-15-4-2-3-5-18(15)23-19-7-6-13(20)10-17(16)19/h2-7,10-11,14H,8-9,12H2,1H3/b16-11+. The predicted molar refractivity (Wildman–Crippen MR) is 96.3 cm³/mol. The average molecular weight is 344 g/mol. The van der Waals surface area contributed by atoms with E-state index in [-0.39, 0.29) is 6.10 Å². The second-order valence-electron chi connectivity index (χ2n) is 5.99. The summed E-state index contributed by atoms with van der Waals surface area (Å²) in [5.74, 6) is 0. The quantitative estimate of drug-likeness (QED) is 0.642. The summed E-state index contributed by atoms with van der Waals surface area (Å²) < 4.78 is 5.95. The molecule has 4 heteroatoms. The van der Waals surface area contributed by atoms with Gasteiger partial charge in [0.2, 0.25) is 0 Å². The predicted octanol–water partition coefficient (Wildman–Crippen LogP) is 4.57. The number of nitrogens with zero attached hydrogens (tertiary/aromatic N) is 1. The van der Waals surface area contributed by atoms with Crippen molar-refractivity contribution in [2.24, 2.45) is 0 Å². The van der Waals surface area contributed by atoms with Crippen LogP contribution in [0.15, 0.2) is 58.3 Å². The average Bonchev–Trinajstić information content (AvgIpc) is 2.55. The monoisotopic (exact) mass is 343 g/mol. The molecule has 0 aliphatic carbocycles. The molecule has 0 radical (unpaired) electrons. The van der Waals surface area contributed by atoms with Gasteiger partial charge in [-0.3, -0.25) is 0 Å². The third kappa shape index (κ3) is 3.07. The van der Waals surface area contributed by atoms with Crippen LogP contribution in [0.1, 0.15) is 11.1 Å². The van der Waals surface area contributed by atoms with Crippen LogP contribution < -0.4 is 0 Å².